The van der Waals surface area contributed by atoms with E-state index >= 15 is 0 Å². The van der Waals surface area contributed by atoms with E-state index in [0.717, 1.165) is 5.75 Å². The van der Waals surface area contributed by atoms with E-state index in [2.05, 4.69) is 0 Å². The maximum absolute atomic E-state index is 12.6. The summed E-state index contributed by atoms with van der Waals surface area (Å²) >= 11 is 0. The summed E-state index contributed by atoms with van der Waals surface area (Å²) in [5.74, 6) is 0.792. The van der Waals surface area contributed by atoms with Crippen LogP contribution in [0.2, 0.25) is 0 Å². The Kier molecular flexibility index (Phi) is 5.01. The second kappa shape index (κ2) is 6.75. The fourth-order valence-corrected chi connectivity index (χ4v) is 2.53. The van der Waals surface area contributed by atoms with Gasteiger partial charge >= 0.3 is 0 Å². The highest BCUT2D eigenvalue weighted by atomic mass is 16.5. The van der Waals surface area contributed by atoms with Crippen molar-refractivity contribution >= 4 is 5.91 Å². The van der Waals surface area contributed by atoms with Gasteiger partial charge in [0.15, 0.2) is 6.10 Å². The van der Waals surface area contributed by atoms with E-state index in [0.29, 0.717) is 19.5 Å². The third-order valence-corrected chi connectivity index (χ3v) is 3.40. The zero-order valence-corrected chi connectivity index (χ0v) is 12.4. The molecule has 4 nitrogen and oxygen atoms in total. The molecule has 1 amide bonds. The van der Waals surface area contributed by atoms with E-state index in [1.807, 2.05) is 56.0 Å². The predicted octanol–water partition coefficient (Wildman–Crippen LogP) is 2.48. The van der Waals surface area contributed by atoms with Gasteiger partial charge in [0.2, 0.25) is 0 Å². The molecule has 20 heavy (non-hydrogen) atoms. The maximum Gasteiger partial charge on any atom is 0.263 e. The van der Waals surface area contributed by atoms with Gasteiger partial charge in [0.1, 0.15) is 5.75 Å². The Morgan fingerprint density at radius 2 is 1.90 bits per heavy atom. The molecule has 0 saturated carbocycles. The van der Waals surface area contributed by atoms with Crippen molar-refractivity contribution in [3.63, 3.8) is 0 Å². The molecule has 1 heterocycles. The first kappa shape index (κ1) is 14.9. The van der Waals surface area contributed by atoms with E-state index < -0.39 is 6.10 Å². The summed E-state index contributed by atoms with van der Waals surface area (Å²) in [5, 5.41) is 0. The Morgan fingerprint density at radius 3 is 2.45 bits per heavy atom. The summed E-state index contributed by atoms with van der Waals surface area (Å²) in [5.41, 5.74) is 0. The molecule has 0 N–H and O–H groups in total. The molecule has 1 saturated heterocycles. The number of rotatable bonds is 4. The number of hydrogen-bond acceptors (Lipinski definition) is 3. The van der Waals surface area contributed by atoms with Gasteiger partial charge in [-0.1, -0.05) is 25.1 Å². The Bertz CT molecular complexity index is 425. The topological polar surface area (TPSA) is 38.8 Å². The first-order valence-corrected chi connectivity index (χ1v) is 7.26. The van der Waals surface area contributed by atoms with Crippen LogP contribution in [0.3, 0.4) is 0 Å². The van der Waals surface area contributed by atoms with Crippen LogP contribution in [0.1, 0.15) is 27.2 Å². The lowest BCUT2D eigenvalue weighted by Gasteiger charge is -2.36. The molecule has 4 heteroatoms. The van der Waals surface area contributed by atoms with E-state index in [9.17, 15) is 4.79 Å². The van der Waals surface area contributed by atoms with Crippen molar-refractivity contribution in [2.75, 3.05) is 13.1 Å². The lowest BCUT2D eigenvalue weighted by molar-refractivity contribution is -0.150. The number of nitrogens with zero attached hydrogens (tertiary/aromatic N) is 1. The predicted molar refractivity (Wildman–Crippen MR) is 77.7 cm³/mol. The lowest BCUT2D eigenvalue weighted by Crippen LogP contribution is -2.52. The van der Waals surface area contributed by atoms with Gasteiger partial charge in [-0.25, -0.2) is 0 Å². The highest BCUT2D eigenvalue weighted by Crippen LogP contribution is 2.17. The standard InChI is InChI=1S/C16H23NO3/c1-4-15(20-14-8-6-5-7-9-14)16(18)17-10-12(2)19-13(3)11-17/h5-9,12-13,15H,4,10-11H2,1-3H3/t12-,13-,15-/m1/s1. The molecular formula is C16H23NO3. The number of morpholine rings is 1. The number of hydrogen-bond donors (Lipinski definition) is 0. The fraction of sp³-hybridized carbons (Fsp3) is 0.562. The van der Waals surface area contributed by atoms with Crippen molar-refractivity contribution in [1.82, 2.24) is 4.90 Å². The Morgan fingerprint density at radius 1 is 1.30 bits per heavy atom. The fourth-order valence-electron chi connectivity index (χ4n) is 2.53. The number of benzene rings is 1. The molecule has 1 aliphatic rings. The molecule has 0 spiro atoms. The molecule has 1 aromatic rings. The van der Waals surface area contributed by atoms with Crippen molar-refractivity contribution in [3.05, 3.63) is 30.3 Å². The molecule has 0 unspecified atom stereocenters. The van der Waals surface area contributed by atoms with Gasteiger partial charge in [-0.15, -0.1) is 0 Å². The van der Waals surface area contributed by atoms with Gasteiger partial charge < -0.3 is 14.4 Å². The monoisotopic (exact) mass is 277 g/mol. The van der Waals surface area contributed by atoms with Crippen LogP contribution in [0.15, 0.2) is 30.3 Å². The van der Waals surface area contributed by atoms with Crippen LogP contribution in [-0.4, -0.2) is 42.2 Å². The van der Waals surface area contributed by atoms with Crippen LogP contribution < -0.4 is 4.74 Å². The highest BCUT2D eigenvalue weighted by Gasteiger charge is 2.30. The third-order valence-electron chi connectivity index (χ3n) is 3.40. The average molecular weight is 277 g/mol. The van der Waals surface area contributed by atoms with Crippen LogP contribution >= 0.6 is 0 Å². The van der Waals surface area contributed by atoms with Crippen LogP contribution in [0.25, 0.3) is 0 Å². The second-order valence-corrected chi connectivity index (χ2v) is 5.33. The molecule has 3 atom stereocenters. The molecule has 0 aliphatic carbocycles. The third kappa shape index (κ3) is 3.73. The summed E-state index contributed by atoms with van der Waals surface area (Å²) in [6.45, 7) is 7.23. The lowest BCUT2D eigenvalue weighted by atomic mass is 10.1. The normalized spacial score (nSPS) is 24.2. The number of para-hydroxylation sites is 1. The number of carbonyl (C=O) groups is 1. The minimum Gasteiger partial charge on any atom is -0.481 e. The molecule has 1 aliphatic heterocycles. The van der Waals surface area contributed by atoms with Crippen molar-refractivity contribution < 1.29 is 14.3 Å². The molecule has 0 radical (unpaired) electrons. The minimum atomic E-state index is -0.421. The molecule has 110 valence electrons. The van der Waals surface area contributed by atoms with Crippen LogP contribution in [0.5, 0.6) is 5.75 Å². The van der Waals surface area contributed by atoms with Crippen LogP contribution in [0.4, 0.5) is 0 Å². The summed E-state index contributed by atoms with van der Waals surface area (Å²) in [6, 6.07) is 9.50. The molecule has 0 bridgehead atoms. The van der Waals surface area contributed by atoms with E-state index in [-0.39, 0.29) is 18.1 Å². The summed E-state index contributed by atoms with van der Waals surface area (Å²) < 4.78 is 11.5. The van der Waals surface area contributed by atoms with Crippen molar-refractivity contribution in [1.29, 1.82) is 0 Å². The number of amides is 1. The average Bonchev–Trinajstić information content (AvgIpc) is 2.44. The zero-order chi connectivity index (χ0) is 14.5. The van der Waals surface area contributed by atoms with Gasteiger partial charge in [-0.05, 0) is 32.4 Å². The number of carbonyl (C=O) groups excluding carboxylic acids is 1. The molecule has 0 aromatic heterocycles. The molecular weight excluding hydrogens is 254 g/mol. The van der Waals surface area contributed by atoms with Crippen molar-refractivity contribution in [2.45, 2.75) is 45.5 Å². The first-order valence-electron chi connectivity index (χ1n) is 7.26. The van der Waals surface area contributed by atoms with Gasteiger partial charge in [0.05, 0.1) is 12.2 Å². The van der Waals surface area contributed by atoms with E-state index in [4.69, 9.17) is 9.47 Å². The van der Waals surface area contributed by atoms with Crippen molar-refractivity contribution in [3.8, 4) is 5.75 Å². The van der Waals surface area contributed by atoms with E-state index in [1.54, 1.807) is 0 Å². The smallest absolute Gasteiger partial charge is 0.263 e. The molecule has 1 fully saturated rings. The van der Waals surface area contributed by atoms with E-state index in [1.165, 1.54) is 0 Å². The molecule has 2 rings (SSSR count). The zero-order valence-electron chi connectivity index (χ0n) is 12.4. The summed E-state index contributed by atoms with van der Waals surface area (Å²) in [4.78, 5) is 14.4. The highest BCUT2D eigenvalue weighted by molar-refractivity contribution is 5.81. The largest absolute Gasteiger partial charge is 0.481 e. The minimum absolute atomic E-state index is 0.0540. The first-order chi connectivity index (χ1) is 9.60. The van der Waals surface area contributed by atoms with Crippen molar-refractivity contribution in [2.24, 2.45) is 0 Å². The Hall–Kier alpha value is -1.55. The Balaban J connectivity index is 2.01. The second-order valence-electron chi connectivity index (χ2n) is 5.33. The quantitative estimate of drug-likeness (QED) is 0.848. The maximum atomic E-state index is 12.6. The van der Waals surface area contributed by atoms with Gasteiger partial charge in [0, 0.05) is 13.1 Å². The SMILES string of the molecule is CC[C@@H](Oc1ccccc1)C(=O)N1C[C@@H](C)O[C@H](C)C1. The molecule has 1 aromatic carbocycles. The Labute approximate surface area is 120 Å². The van der Waals surface area contributed by atoms with Crippen LogP contribution in [-0.2, 0) is 9.53 Å². The summed E-state index contributed by atoms with van der Waals surface area (Å²) in [6.07, 6.45) is 0.400. The van der Waals surface area contributed by atoms with Gasteiger partial charge in [-0.2, -0.15) is 0 Å². The van der Waals surface area contributed by atoms with Gasteiger partial charge in [-0.3, -0.25) is 4.79 Å². The van der Waals surface area contributed by atoms with Crippen LogP contribution in [0, 0.1) is 0 Å². The number of ether oxygens (including phenoxy) is 2. The van der Waals surface area contributed by atoms with Gasteiger partial charge in [0.25, 0.3) is 5.91 Å². The summed E-state index contributed by atoms with van der Waals surface area (Å²) in [7, 11) is 0.